The first-order valence-electron chi connectivity index (χ1n) is 10.2. The van der Waals surface area contributed by atoms with Crippen LogP contribution in [0.4, 0.5) is 0 Å². The van der Waals surface area contributed by atoms with E-state index in [2.05, 4.69) is 0 Å². The van der Waals surface area contributed by atoms with Gasteiger partial charge in [0.05, 0.1) is 19.8 Å². The molecule has 8 heteroatoms. The second-order valence-electron chi connectivity index (χ2n) is 7.76. The van der Waals surface area contributed by atoms with Gasteiger partial charge >= 0.3 is 5.97 Å². The first-order chi connectivity index (χ1) is 14.8. The van der Waals surface area contributed by atoms with E-state index in [0.717, 1.165) is 0 Å². The number of hydrogen-bond donors (Lipinski definition) is 1. The molecule has 3 rings (SSSR count). The van der Waals surface area contributed by atoms with Crippen molar-refractivity contribution in [2.75, 3.05) is 27.6 Å². The molecule has 2 unspecified atom stereocenters. The van der Waals surface area contributed by atoms with Crippen LogP contribution >= 0.6 is 0 Å². The maximum Gasteiger partial charge on any atom is 0.342 e. The number of carbonyl (C=O) groups excluding carboxylic acids is 1. The molecule has 0 amide bonds. The summed E-state index contributed by atoms with van der Waals surface area (Å²) in [4.78, 5) is 12.9. The summed E-state index contributed by atoms with van der Waals surface area (Å²) >= 11 is 0. The molecule has 0 aliphatic carbocycles. The molecule has 1 N–H and O–H groups in total. The minimum atomic E-state index is -0.833. The highest BCUT2D eigenvalue weighted by atomic mass is 16.8. The third kappa shape index (κ3) is 5.86. The van der Waals surface area contributed by atoms with Crippen LogP contribution in [0, 0.1) is 0 Å². The van der Waals surface area contributed by atoms with Crippen molar-refractivity contribution >= 4 is 12.0 Å². The van der Waals surface area contributed by atoms with Gasteiger partial charge < -0.3 is 33.5 Å². The Labute approximate surface area is 182 Å². The highest BCUT2D eigenvalue weighted by molar-refractivity contribution is 5.97. The van der Waals surface area contributed by atoms with Crippen molar-refractivity contribution < 1.29 is 38.3 Å². The van der Waals surface area contributed by atoms with E-state index in [4.69, 9.17) is 28.4 Å². The van der Waals surface area contributed by atoms with Gasteiger partial charge in [-0.25, -0.2) is 4.79 Å². The predicted molar refractivity (Wildman–Crippen MR) is 113 cm³/mol. The number of aliphatic hydroxyl groups is 1. The van der Waals surface area contributed by atoms with Crippen molar-refractivity contribution in [3.63, 3.8) is 0 Å². The highest BCUT2D eigenvalue weighted by Crippen LogP contribution is 2.34. The standard InChI is InChI=1S/C23H30O8/c1-23(2)30-18-10-7-8-15-12-16(27-4)13-19(29-14-26-3)20(15)22(25)28-11-6-5-9-17(24)21(18)31-23/h5,7-9,12-13,17-18,21,24H,6,10-11,14H2,1-4H3/t17?,18-,21?/m0/s1. The van der Waals surface area contributed by atoms with Crippen LogP contribution in [0.3, 0.4) is 0 Å². The summed E-state index contributed by atoms with van der Waals surface area (Å²) in [5.41, 5.74) is 0.869. The number of benzene rings is 1. The zero-order chi connectivity index (χ0) is 22.4. The van der Waals surface area contributed by atoms with Gasteiger partial charge in [-0.05, 0) is 38.3 Å². The molecule has 31 heavy (non-hydrogen) atoms. The number of carbonyl (C=O) groups is 1. The van der Waals surface area contributed by atoms with E-state index in [1.165, 1.54) is 14.2 Å². The van der Waals surface area contributed by atoms with Gasteiger partial charge in [-0.2, -0.15) is 0 Å². The van der Waals surface area contributed by atoms with Gasteiger partial charge in [-0.1, -0.05) is 24.3 Å². The first-order valence-corrected chi connectivity index (χ1v) is 10.2. The molecule has 0 saturated carbocycles. The number of ether oxygens (including phenoxy) is 6. The third-order valence-corrected chi connectivity index (χ3v) is 4.95. The van der Waals surface area contributed by atoms with Crippen molar-refractivity contribution in [2.24, 2.45) is 0 Å². The fraction of sp³-hybridized carbons (Fsp3) is 0.522. The van der Waals surface area contributed by atoms with Gasteiger partial charge in [0.1, 0.15) is 29.3 Å². The minimum absolute atomic E-state index is 0.0265. The van der Waals surface area contributed by atoms with Crippen LogP contribution in [0.15, 0.2) is 30.4 Å². The topological polar surface area (TPSA) is 92.7 Å². The lowest BCUT2D eigenvalue weighted by Gasteiger charge is -2.20. The van der Waals surface area contributed by atoms with Crippen LogP contribution in [-0.4, -0.2) is 62.8 Å². The smallest absolute Gasteiger partial charge is 0.342 e. The molecule has 0 radical (unpaired) electrons. The molecule has 0 aromatic heterocycles. The van der Waals surface area contributed by atoms with E-state index in [0.29, 0.717) is 29.9 Å². The minimum Gasteiger partial charge on any atom is -0.497 e. The highest BCUT2D eigenvalue weighted by Gasteiger charge is 2.43. The monoisotopic (exact) mass is 434 g/mol. The Morgan fingerprint density at radius 1 is 1.19 bits per heavy atom. The van der Waals surface area contributed by atoms with Gasteiger partial charge in [-0.3, -0.25) is 0 Å². The van der Waals surface area contributed by atoms with Gasteiger partial charge in [0, 0.05) is 13.2 Å². The number of hydrogen-bond acceptors (Lipinski definition) is 8. The number of methoxy groups -OCH3 is 2. The van der Waals surface area contributed by atoms with Crippen molar-refractivity contribution in [3.05, 3.63) is 41.5 Å². The lowest BCUT2D eigenvalue weighted by molar-refractivity contribution is -0.152. The Morgan fingerprint density at radius 2 is 2.00 bits per heavy atom. The Hall–Kier alpha value is -2.39. The average Bonchev–Trinajstić information content (AvgIpc) is 3.05. The zero-order valence-electron chi connectivity index (χ0n) is 18.3. The van der Waals surface area contributed by atoms with Gasteiger partial charge in [0.2, 0.25) is 0 Å². The van der Waals surface area contributed by atoms with Gasteiger partial charge in [-0.15, -0.1) is 0 Å². The second kappa shape index (κ2) is 10.3. The normalized spacial score (nSPS) is 25.8. The van der Waals surface area contributed by atoms with Crippen molar-refractivity contribution in [3.8, 4) is 11.5 Å². The summed E-state index contributed by atoms with van der Waals surface area (Å²) in [5.74, 6) is -0.476. The summed E-state index contributed by atoms with van der Waals surface area (Å²) in [6.45, 7) is 3.76. The molecule has 2 aliphatic heterocycles. The molecule has 2 aliphatic rings. The van der Waals surface area contributed by atoms with Crippen molar-refractivity contribution in [1.29, 1.82) is 0 Å². The summed E-state index contributed by atoms with van der Waals surface area (Å²) in [5, 5.41) is 10.5. The fourth-order valence-corrected chi connectivity index (χ4v) is 3.62. The van der Waals surface area contributed by atoms with E-state index >= 15 is 0 Å². The van der Waals surface area contributed by atoms with Crippen LogP contribution in [0.1, 0.15) is 42.6 Å². The van der Waals surface area contributed by atoms with Crippen LogP contribution < -0.4 is 9.47 Å². The Balaban J connectivity index is 1.98. The Kier molecular flexibility index (Phi) is 7.72. The molecule has 1 aromatic carbocycles. The largest absolute Gasteiger partial charge is 0.497 e. The first kappa shape index (κ1) is 23.3. The molecule has 2 heterocycles. The van der Waals surface area contributed by atoms with Crippen LogP contribution in [0.2, 0.25) is 0 Å². The molecule has 1 fully saturated rings. The molecule has 3 atom stereocenters. The summed E-state index contributed by atoms with van der Waals surface area (Å²) in [6.07, 6.45) is 6.31. The Morgan fingerprint density at radius 3 is 2.74 bits per heavy atom. The van der Waals surface area contributed by atoms with Crippen LogP contribution in [-0.2, 0) is 18.9 Å². The zero-order valence-corrected chi connectivity index (χ0v) is 18.3. The lowest BCUT2D eigenvalue weighted by atomic mass is 10.0. The molecule has 170 valence electrons. The van der Waals surface area contributed by atoms with E-state index in [9.17, 15) is 9.90 Å². The van der Waals surface area contributed by atoms with Gasteiger partial charge in [0.15, 0.2) is 12.6 Å². The maximum absolute atomic E-state index is 12.9. The average molecular weight is 434 g/mol. The van der Waals surface area contributed by atoms with E-state index in [1.807, 2.05) is 19.9 Å². The van der Waals surface area contributed by atoms with Crippen LogP contribution in [0.5, 0.6) is 11.5 Å². The Bertz CT molecular complexity index is 829. The molecule has 0 spiro atoms. The van der Waals surface area contributed by atoms with Crippen LogP contribution in [0.25, 0.3) is 6.08 Å². The molecule has 1 saturated heterocycles. The second-order valence-corrected chi connectivity index (χ2v) is 7.76. The molecular formula is C23H30O8. The maximum atomic E-state index is 12.9. The number of esters is 1. The van der Waals surface area contributed by atoms with E-state index in [-0.39, 0.29) is 25.1 Å². The van der Waals surface area contributed by atoms with Crippen molar-refractivity contribution in [2.45, 2.75) is 50.8 Å². The number of fused-ring (bicyclic) bond motifs is 2. The number of aliphatic hydroxyl groups excluding tert-OH is 1. The van der Waals surface area contributed by atoms with E-state index in [1.54, 1.807) is 30.4 Å². The van der Waals surface area contributed by atoms with Gasteiger partial charge in [0.25, 0.3) is 0 Å². The SMILES string of the molecule is COCOc1cc(OC)cc2c1C(=O)OCCC=CC(O)C1OC(C)(C)O[C@H]1CC=C2. The number of cyclic esters (lactones) is 1. The quantitative estimate of drug-likeness (QED) is 0.439. The lowest BCUT2D eigenvalue weighted by Crippen LogP contribution is -2.34. The molecule has 1 aromatic rings. The molecular weight excluding hydrogens is 404 g/mol. The molecule has 0 bridgehead atoms. The number of rotatable bonds is 4. The molecule has 8 nitrogen and oxygen atoms in total. The summed E-state index contributed by atoms with van der Waals surface area (Å²) in [6, 6.07) is 3.36. The van der Waals surface area contributed by atoms with Crippen molar-refractivity contribution in [1.82, 2.24) is 0 Å². The third-order valence-electron chi connectivity index (χ3n) is 4.95. The predicted octanol–water partition coefficient (Wildman–Crippen LogP) is 3.08. The summed E-state index contributed by atoms with van der Waals surface area (Å²) < 4.78 is 33.3. The van der Waals surface area contributed by atoms with E-state index < -0.39 is 24.0 Å². The fourth-order valence-electron chi connectivity index (χ4n) is 3.62. The summed E-state index contributed by atoms with van der Waals surface area (Å²) in [7, 11) is 3.04.